The number of rotatable bonds is 7. The van der Waals surface area contributed by atoms with E-state index in [1.54, 1.807) is 0 Å². The molecular weight excluding hydrogens is 212 g/mol. The molecule has 0 spiro atoms. The average molecular weight is 242 g/mol. The lowest BCUT2D eigenvalue weighted by atomic mass is 10.1. The summed E-state index contributed by atoms with van der Waals surface area (Å²) in [6, 6.07) is 1.17. The molecule has 1 aliphatic heterocycles. The number of ether oxygens (including phenoxy) is 1. The molecule has 0 radical (unpaired) electrons. The van der Waals surface area contributed by atoms with E-state index in [-0.39, 0.29) is 0 Å². The molecule has 0 amide bonds. The van der Waals surface area contributed by atoms with Crippen molar-refractivity contribution in [1.82, 2.24) is 10.2 Å². The van der Waals surface area contributed by atoms with Crippen LogP contribution in [0.15, 0.2) is 0 Å². The molecule has 0 aromatic heterocycles. The number of hydrogen-bond acceptors (Lipinski definition) is 3. The predicted octanol–water partition coefficient (Wildman–Crippen LogP) is 2.26. The van der Waals surface area contributed by atoms with Crippen LogP contribution in [0.4, 0.5) is 0 Å². The fraction of sp³-hybridized carbons (Fsp3) is 1.00. The Morgan fingerprint density at radius 1 is 1.35 bits per heavy atom. The SMILES string of the molecule is CCCCN(C(C)CC)C(C)C1CNCCO1. The normalized spacial score (nSPS) is 24.9. The van der Waals surface area contributed by atoms with Crippen molar-refractivity contribution in [3.8, 4) is 0 Å². The number of unbranched alkanes of at least 4 members (excludes halogenated alkanes) is 1. The van der Waals surface area contributed by atoms with E-state index in [1.165, 1.54) is 25.8 Å². The molecule has 102 valence electrons. The van der Waals surface area contributed by atoms with Crippen LogP contribution in [0.25, 0.3) is 0 Å². The molecule has 0 aromatic rings. The Bertz CT molecular complexity index is 193. The van der Waals surface area contributed by atoms with Crippen LogP contribution in [0.1, 0.15) is 47.0 Å². The van der Waals surface area contributed by atoms with Gasteiger partial charge in [-0.3, -0.25) is 4.90 Å². The molecule has 1 rings (SSSR count). The van der Waals surface area contributed by atoms with Crippen molar-refractivity contribution in [3.05, 3.63) is 0 Å². The number of morpholine rings is 1. The van der Waals surface area contributed by atoms with E-state index in [4.69, 9.17) is 4.74 Å². The molecule has 0 saturated carbocycles. The van der Waals surface area contributed by atoms with Crippen LogP contribution >= 0.6 is 0 Å². The quantitative estimate of drug-likeness (QED) is 0.741. The summed E-state index contributed by atoms with van der Waals surface area (Å²) in [4.78, 5) is 2.63. The molecule has 17 heavy (non-hydrogen) atoms. The molecule has 1 fully saturated rings. The lowest BCUT2D eigenvalue weighted by Crippen LogP contribution is -2.53. The Kier molecular flexibility index (Phi) is 7.09. The van der Waals surface area contributed by atoms with Gasteiger partial charge in [0.1, 0.15) is 0 Å². The van der Waals surface area contributed by atoms with Crippen LogP contribution in [0, 0.1) is 0 Å². The van der Waals surface area contributed by atoms with Crippen LogP contribution < -0.4 is 5.32 Å². The first-order valence-corrected chi connectivity index (χ1v) is 7.28. The standard InChI is InChI=1S/C14H30N2O/c1-5-7-9-16(12(3)6-2)13(4)14-11-15-8-10-17-14/h12-15H,5-11H2,1-4H3. The monoisotopic (exact) mass is 242 g/mol. The molecule has 0 bridgehead atoms. The van der Waals surface area contributed by atoms with Gasteiger partial charge < -0.3 is 10.1 Å². The Morgan fingerprint density at radius 2 is 2.12 bits per heavy atom. The maximum Gasteiger partial charge on any atom is 0.0852 e. The van der Waals surface area contributed by atoms with Crippen LogP contribution in [-0.4, -0.2) is 49.3 Å². The first-order chi connectivity index (χ1) is 8.20. The Balaban J connectivity index is 2.53. The van der Waals surface area contributed by atoms with Crippen molar-refractivity contribution in [2.24, 2.45) is 0 Å². The molecule has 3 unspecified atom stereocenters. The highest BCUT2D eigenvalue weighted by molar-refractivity contribution is 4.83. The lowest BCUT2D eigenvalue weighted by Gasteiger charge is -2.40. The summed E-state index contributed by atoms with van der Waals surface area (Å²) in [5.74, 6) is 0. The van der Waals surface area contributed by atoms with Gasteiger partial charge in [-0.15, -0.1) is 0 Å². The molecule has 0 aliphatic carbocycles. The van der Waals surface area contributed by atoms with Gasteiger partial charge in [0.05, 0.1) is 12.7 Å². The highest BCUT2D eigenvalue weighted by Gasteiger charge is 2.27. The van der Waals surface area contributed by atoms with Crippen molar-refractivity contribution in [2.45, 2.75) is 65.1 Å². The summed E-state index contributed by atoms with van der Waals surface area (Å²) in [7, 11) is 0. The van der Waals surface area contributed by atoms with Crippen LogP contribution in [-0.2, 0) is 4.74 Å². The topological polar surface area (TPSA) is 24.5 Å². The van der Waals surface area contributed by atoms with Crippen molar-refractivity contribution in [3.63, 3.8) is 0 Å². The van der Waals surface area contributed by atoms with Gasteiger partial charge in [-0.1, -0.05) is 20.3 Å². The summed E-state index contributed by atoms with van der Waals surface area (Å²) in [5.41, 5.74) is 0. The molecule has 3 heteroatoms. The van der Waals surface area contributed by atoms with Gasteiger partial charge in [-0.05, 0) is 33.2 Å². The minimum absolute atomic E-state index is 0.356. The number of hydrogen-bond donors (Lipinski definition) is 1. The van der Waals surface area contributed by atoms with E-state index in [9.17, 15) is 0 Å². The Hall–Kier alpha value is -0.120. The van der Waals surface area contributed by atoms with Gasteiger partial charge in [0.25, 0.3) is 0 Å². The molecule has 3 atom stereocenters. The fourth-order valence-electron chi connectivity index (χ4n) is 2.51. The van der Waals surface area contributed by atoms with Gasteiger partial charge in [-0.25, -0.2) is 0 Å². The second kappa shape index (κ2) is 8.06. The third kappa shape index (κ3) is 4.57. The Labute approximate surface area is 107 Å². The lowest BCUT2D eigenvalue weighted by molar-refractivity contribution is -0.0363. The minimum atomic E-state index is 0.356. The number of nitrogens with zero attached hydrogens (tertiary/aromatic N) is 1. The highest BCUT2D eigenvalue weighted by atomic mass is 16.5. The van der Waals surface area contributed by atoms with Gasteiger partial charge in [0, 0.05) is 25.2 Å². The minimum Gasteiger partial charge on any atom is -0.374 e. The highest BCUT2D eigenvalue weighted by Crippen LogP contribution is 2.16. The predicted molar refractivity (Wildman–Crippen MR) is 73.4 cm³/mol. The van der Waals surface area contributed by atoms with Crippen molar-refractivity contribution in [1.29, 1.82) is 0 Å². The van der Waals surface area contributed by atoms with E-state index in [0.29, 0.717) is 18.2 Å². The van der Waals surface area contributed by atoms with Crippen LogP contribution in [0.2, 0.25) is 0 Å². The Morgan fingerprint density at radius 3 is 2.65 bits per heavy atom. The first kappa shape index (κ1) is 14.9. The first-order valence-electron chi connectivity index (χ1n) is 7.28. The smallest absolute Gasteiger partial charge is 0.0852 e. The van der Waals surface area contributed by atoms with Gasteiger partial charge in [0.2, 0.25) is 0 Å². The van der Waals surface area contributed by atoms with Crippen molar-refractivity contribution in [2.75, 3.05) is 26.2 Å². The molecule has 1 saturated heterocycles. The van der Waals surface area contributed by atoms with E-state index in [0.717, 1.165) is 19.7 Å². The molecule has 3 nitrogen and oxygen atoms in total. The van der Waals surface area contributed by atoms with Gasteiger partial charge in [0.15, 0.2) is 0 Å². The van der Waals surface area contributed by atoms with E-state index in [1.807, 2.05) is 0 Å². The summed E-state index contributed by atoms with van der Waals surface area (Å²) < 4.78 is 5.89. The molecule has 1 aliphatic rings. The van der Waals surface area contributed by atoms with Gasteiger partial charge >= 0.3 is 0 Å². The zero-order valence-electron chi connectivity index (χ0n) is 12.0. The van der Waals surface area contributed by atoms with E-state index in [2.05, 4.69) is 37.9 Å². The van der Waals surface area contributed by atoms with Crippen molar-refractivity contribution < 1.29 is 4.74 Å². The molecular formula is C14H30N2O. The summed E-state index contributed by atoms with van der Waals surface area (Å²) in [5, 5.41) is 3.43. The fourth-order valence-corrected chi connectivity index (χ4v) is 2.51. The van der Waals surface area contributed by atoms with Gasteiger partial charge in [-0.2, -0.15) is 0 Å². The summed E-state index contributed by atoms with van der Waals surface area (Å²) in [6.45, 7) is 13.3. The largest absolute Gasteiger partial charge is 0.374 e. The number of nitrogens with one attached hydrogen (secondary N) is 1. The van der Waals surface area contributed by atoms with Crippen LogP contribution in [0.3, 0.4) is 0 Å². The van der Waals surface area contributed by atoms with Crippen LogP contribution in [0.5, 0.6) is 0 Å². The van der Waals surface area contributed by atoms with E-state index >= 15 is 0 Å². The maximum atomic E-state index is 5.89. The third-order valence-corrected chi connectivity index (χ3v) is 3.94. The zero-order chi connectivity index (χ0) is 12.7. The van der Waals surface area contributed by atoms with Crippen molar-refractivity contribution >= 4 is 0 Å². The second-order valence-electron chi connectivity index (χ2n) is 5.20. The third-order valence-electron chi connectivity index (χ3n) is 3.94. The summed E-state index contributed by atoms with van der Waals surface area (Å²) in [6.07, 6.45) is 4.13. The van der Waals surface area contributed by atoms with E-state index < -0.39 is 0 Å². The average Bonchev–Trinajstić information content (AvgIpc) is 2.39. The molecule has 1 N–H and O–H groups in total. The second-order valence-corrected chi connectivity index (χ2v) is 5.20. The zero-order valence-corrected chi connectivity index (χ0v) is 12.0. The maximum absolute atomic E-state index is 5.89. The molecule has 1 heterocycles. The molecule has 0 aromatic carbocycles. The summed E-state index contributed by atoms with van der Waals surface area (Å²) >= 11 is 0.